The lowest BCUT2D eigenvalue weighted by Crippen LogP contribution is -2.31. The van der Waals surface area contributed by atoms with Gasteiger partial charge < -0.3 is 9.64 Å². The largest absolute Gasteiger partial charge is 0.493 e. The number of rotatable bonds is 1. The first-order chi connectivity index (χ1) is 8.18. The standard InChI is InChI=1S/C15H21NO/c1-10(2)12-4-5-13-14-11(7-9-17-13)6-8-16(3)15(12)14/h4-5,10-11H,6-9H2,1-3H3. The van der Waals surface area contributed by atoms with E-state index in [9.17, 15) is 0 Å². The van der Waals surface area contributed by atoms with Crippen molar-refractivity contribution in [3.8, 4) is 5.75 Å². The maximum atomic E-state index is 5.83. The summed E-state index contributed by atoms with van der Waals surface area (Å²) in [6.07, 6.45) is 2.47. The van der Waals surface area contributed by atoms with Crippen LogP contribution in [0.5, 0.6) is 5.75 Å². The Bertz CT molecular complexity index is 439. The van der Waals surface area contributed by atoms with Gasteiger partial charge in [-0.3, -0.25) is 0 Å². The van der Waals surface area contributed by atoms with Crippen LogP contribution in [0, 0.1) is 0 Å². The molecule has 2 heteroatoms. The van der Waals surface area contributed by atoms with E-state index in [1.54, 1.807) is 0 Å². The molecule has 1 aromatic rings. The van der Waals surface area contributed by atoms with Crippen molar-refractivity contribution in [3.05, 3.63) is 23.3 Å². The maximum absolute atomic E-state index is 5.83. The highest BCUT2D eigenvalue weighted by Gasteiger charge is 2.31. The number of nitrogens with zero attached hydrogens (tertiary/aromatic N) is 1. The topological polar surface area (TPSA) is 12.5 Å². The molecule has 2 aliphatic rings. The molecule has 0 spiro atoms. The predicted octanol–water partition coefficient (Wildman–Crippen LogP) is 3.52. The molecule has 1 unspecified atom stereocenters. The second kappa shape index (κ2) is 3.94. The average Bonchev–Trinajstić information content (AvgIpc) is 2.33. The molecule has 0 radical (unpaired) electrons. The van der Waals surface area contributed by atoms with Gasteiger partial charge in [-0.15, -0.1) is 0 Å². The highest BCUT2D eigenvalue weighted by atomic mass is 16.5. The van der Waals surface area contributed by atoms with Gasteiger partial charge in [-0.25, -0.2) is 0 Å². The lowest BCUT2D eigenvalue weighted by Gasteiger charge is -2.39. The Balaban J connectivity index is 2.22. The summed E-state index contributed by atoms with van der Waals surface area (Å²) in [6, 6.07) is 4.43. The minimum atomic E-state index is 0.582. The van der Waals surface area contributed by atoms with Crippen LogP contribution in [0.3, 0.4) is 0 Å². The monoisotopic (exact) mass is 231 g/mol. The van der Waals surface area contributed by atoms with Crippen LogP contribution in [0.2, 0.25) is 0 Å². The maximum Gasteiger partial charge on any atom is 0.124 e. The van der Waals surface area contributed by atoms with Gasteiger partial charge in [-0.05, 0) is 36.3 Å². The van der Waals surface area contributed by atoms with Crippen molar-refractivity contribution in [2.24, 2.45) is 0 Å². The number of ether oxygens (including phenoxy) is 1. The summed E-state index contributed by atoms with van der Waals surface area (Å²) < 4.78 is 5.83. The number of hydrogen-bond acceptors (Lipinski definition) is 2. The Morgan fingerprint density at radius 1 is 1.29 bits per heavy atom. The SMILES string of the molecule is CC(C)c1ccc2c3c1N(C)CCC3CCO2. The molecule has 0 fully saturated rings. The molecule has 0 N–H and O–H groups in total. The normalized spacial score (nSPS) is 22.4. The Labute approximate surface area is 104 Å². The molecular formula is C15H21NO. The highest BCUT2D eigenvalue weighted by molar-refractivity contribution is 5.68. The second-order valence-electron chi connectivity index (χ2n) is 5.61. The number of hydrogen-bond donors (Lipinski definition) is 0. The Kier molecular flexibility index (Phi) is 2.53. The molecule has 0 amide bonds. The van der Waals surface area contributed by atoms with Gasteiger partial charge in [-0.2, -0.15) is 0 Å². The van der Waals surface area contributed by atoms with Gasteiger partial charge in [0.05, 0.1) is 6.61 Å². The molecule has 2 nitrogen and oxygen atoms in total. The minimum Gasteiger partial charge on any atom is -0.493 e. The first-order valence-electron chi connectivity index (χ1n) is 6.69. The van der Waals surface area contributed by atoms with Gasteiger partial charge in [-0.1, -0.05) is 19.9 Å². The van der Waals surface area contributed by atoms with Crippen LogP contribution in [0.4, 0.5) is 5.69 Å². The third-order valence-corrected chi connectivity index (χ3v) is 4.16. The molecular weight excluding hydrogens is 210 g/mol. The molecule has 0 bridgehead atoms. The van der Waals surface area contributed by atoms with E-state index < -0.39 is 0 Å². The van der Waals surface area contributed by atoms with E-state index in [0.29, 0.717) is 5.92 Å². The summed E-state index contributed by atoms with van der Waals surface area (Å²) in [5, 5.41) is 0. The molecule has 0 saturated carbocycles. The summed E-state index contributed by atoms with van der Waals surface area (Å²) in [6.45, 7) is 6.63. The Hall–Kier alpha value is -1.18. The fraction of sp³-hybridized carbons (Fsp3) is 0.600. The fourth-order valence-electron chi connectivity index (χ4n) is 3.22. The van der Waals surface area contributed by atoms with E-state index in [2.05, 4.69) is 37.9 Å². The van der Waals surface area contributed by atoms with Gasteiger partial charge in [0.2, 0.25) is 0 Å². The van der Waals surface area contributed by atoms with Crippen molar-refractivity contribution in [1.29, 1.82) is 0 Å². The van der Waals surface area contributed by atoms with Crippen LogP contribution >= 0.6 is 0 Å². The average molecular weight is 231 g/mol. The van der Waals surface area contributed by atoms with Gasteiger partial charge in [0.25, 0.3) is 0 Å². The van der Waals surface area contributed by atoms with E-state index in [0.717, 1.165) is 18.3 Å². The molecule has 0 aromatic heterocycles. The van der Waals surface area contributed by atoms with Crippen LogP contribution in [0.25, 0.3) is 0 Å². The van der Waals surface area contributed by atoms with Crippen molar-refractivity contribution >= 4 is 5.69 Å². The van der Waals surface area contributed by atoms with Crippen molar-refractivity contribution < 1.29 is 4.74 Å². The minimum absolute atomic E-state index is 0.582. The summed E-state index contributed by atoms with van der Waals surface area (Å²) in [4.78, 5) is 2.42. The number of anilines is 1. The van der Waals surface area contributed by atoms with E-state index in [1.165, 1.54) is 36.2 Å². The zero-order valence-electron chi connectivity index (χ0n) is 11.0. The lowest BCUT2D eigenvalue weighted by atomic mass is 9.82. The summed E-state index contributed by atoms with van der Waals surface area (Å²) >= 11 is 0. The van der Waals surface area contributed by atoms with Gasteiger partial charge in [0, 0.05) is 24.8 Å². The second-order valence-corrected chi connectivity index (χ2v) is 5.61. The Morgan fingerprint density at radius 2 is 2.12 bits per heavy atom. The van der Waals surface area contributed by atoms with Crippen LogP contribution in [-0.4, -0.2) is 20.2 Å². The zero-order valence-corrected chi connectivity index (χ0v) is 11.0. The number of benzene rings is 1. The summed E-state index contributed by atoms with van der Waals surface area (Å²) in [5.41, 5.74) is 4.41. The lowest BCUT2D eigenvalue weighted by molar-refractivity contribution is 0.260. The van der Waals surface area contributed by atoms with Crippen LogP contribution in [-0.2, 0) is 0 Å². The quantitative estimate of drug-likeness (QED) is 0.733. The van der Waals surface area contributed by atoms with Crippen molar-refractivity contribution in [3.63, 3.8) is 0 Å². The molecule has 3 rings (SSSR count). The van der Waals surface area contributed by atoms with Gasteiger partial charge in [0.1, 0.15) is 5.75 Å². The smallest absolute Gasteiger partial charge is 0.124 e. The van der Waals surface area contributed by atoms with Crippen LogP contribution in [0.1, 0.15) is 49.7 Å². The van der Waals surface area contributed by atoms with Gasteiger partial charge >= 0.3 is 0 Å². The molecule has 2 heterocycles. The molecule has 2 aliphatic heterocycles. The molecule has 0 saturated heterocycles. The van der Waals surface area contributed by atoms with Crippen LogP contribution in [0.15, 0.2) is 12.1 Å². The molecule has 1 aromatic carbocycles. The Morgan fingerprint density at radius 3 is 2.88 bits per heavy atom. The highest BCUT2D eigenvalue weighted by Crippen LogP contribution is 2.48. The third-order valence-electron chi connectivity index (χ3n) is 4.16. The van der Waals surface area contributed by atoms with Crippen molar-refractivity contribution in [1.82, 2.24) is 0 Å². The molecule has 92 valence electrons. The predicted molar refractivity (Wildman–Crippen MR) is 71.3 cm³/mol. The zero-order chi connectivity index (χ0) is 12.0. The molecule has 1 atom stereocenters. The van der Waals surface area contributed by atoms with E-state index in [1.807, 2.05) is 0 Å². The first kappa shape index (κ1) is 10.9. The van der Waals surface area contributed by atoms with E-state index in [-0.39, 0.29) is 0 Å². The molecule has 17 heavy (non-hydrogen) atoms. The van der Waals surface area contributed by atoms with Crippen LogP contribution < -0.4 is 9.64 Å². The fourth-order valence-corrected chi connectivity index (χ4v) is 3.22. The van der Waals surface area contributed by atoms with Crippen molar-refractivity contribution in [2.75, 3.05) is 25.1 Å². The van der Waals surface area contributed by atoms with E-state index >= 15 is 0 Å². The first-order valence-corrected chi connectivity index (χ1v) is 6.69. The third kappa shape index (κ3) is 1.62. The van der Waals surface area contributed by atoms with Crippen molar-refractivity contribution in [2.45, 2.75) is 38.5 Å². The van der Waals surface area contributed by atoms with E-state index in [4.69, 9.17) is 4.74 Å². The summed E-state index contributed by atoms with van der Waals surface area (Å²) in [5.74, 6) is 2.44. The molecule has 0 aliphatic carbocycles. The summed E-state index contributed by atoms with van der Waals surface area (Å²) in [7, 11) is 2.21. The van der Waals surface area contributed by atoms with Gasteiger partial charge in [0.15, 0.2) is 0 Å².